The van der Waals surface area contributed by atoms with Crippen LogP contribution in [0.1, 0.15) is 33.3 Å². The summed E-state index contributed by atoms with van der Waals surface area (Å²) in [4.78, 5) is 0. The van der Waals surface area contributed by atoms with Gasteiger partial charge in [0.15, 0.2) is 0 Å². The van der Waals surface area contributed by atoms with Gasteiger partial charge in [0.05, 0.1) is 17.8 Å². The van der Waals surface area contributed by atoms with Crippen LogP contribution in [0.2, 0.25) is 0 Å². The van der Waals surface area contributed by atoms with Gasteiger partial charge in [-0.05, 0) is 63.9 Å². The van der Waals surface area contributed by atoms with Gasteiger partial charge in [0.2, 0.25) is 0 Å². The molecule has 2 rings (SSSR count). The molecule has 0 atom stereocenters. The predicted octanol–water partition coefficient (Wildman–Crippen LogP) is 4.43. The minimum Gasteiger partial charge on any atom is -0.490 e. The lowest BCUT2D eigenvalue weighted by Crippen LogP contribution is -2.11. The van der Waals surface area contributed by atoms with Gasteiger partial charge in [-0.2, -0.15) is 0 Å². The summed E-state index contributed by atoms with van der Waals surface area (Å²) in [5.74, 6) is 1.70. The number of hydrogen-bond acceptors (Lipinski definition) is 3. The van der Waals surface area contributed by atoms with Gasteiger partial charge in [-0.15, -0.1) is 0 Å². The van der Waals surface area contributed by atoms with Crippen molar-refractivity contribution in [2.75, 3.05) is 6.54 Å². The van der Waals surface area contributed by atoms with Crippen LogP contribution in [0, 0.1) is 0 Å². The first-order valence-corrected chi connectivity index (χ1v) is 8.27. The molecule has 0 aliphatic heterocycles. The topological polar surface area (TPSA) is 44.5 Å². The maximum absolute atomic E-state index is 6.04. The van der Waals surface area contributed by atoms with E-state index in [2.05, 4.69) is 12.1 Å². The molecule has 0 spiro atoms. The Bertz CT molecular complexity index is 607. The molecule has 0 heterocycles. The number of nitrogens with two attached hydrogens (primary N) is 1. The molecular weight excluding hydrogens is 286 g/mol. The van der Waals surface area contributed by atoms with Crippen molar-refractivity contribution >= 4 is 0 Å². The molecule has 0 saturated heterocycles. The fourth-order valence-corrected chi connectivity index (χ4v) is 2.62. The Labute approximate surface area is 139 Å². The molecule has 0 unspecified atom stereocenters. The highest BCUT2D eigenvalue weighted by Crippen LogP contribution is 2.41. The lowest BCUT2D eigenvalue weighted by molar-refractivity contribution is 0.231. The second-order valence-electron chi connectivity index (χ2n) is 6.16. The van der Waals surface area contributed by atoms with Crippen LogP contribution in [0.25, 0.3) is 11.1 Å². The third-order valence-electron chi connectivity index (χ3n) is 3.41. The van der Waals surface area contributed by atoms with Gasteiger partial charge in [-0.25, -0.2) is 0 Å². The minimum atomic E-state index is 0.102. The molecule has 0 radical (unpaired) electrons. The zero-order chi connectivity index (χ0) is 16.8. The molecule has 2 aromatic carbocycles. The maximum Gasteiger partial charge on any atom is 0.131 e. The Balaban J connectivity index is 2.61. The summed E-state index contributed by atoms with van der Waals surface area (Å²) in [6.07, 6.45) is 1.03. The summed E-state index contributed by atoms with van der Waals surface area (Å²) < 4.78 is 12.1. The van der Waals surface area contributed by atoms with Crippen molar-refractivity contribution in [3.63, 3.8) is 0 Å². The van der Waals surface area contributed by atoms with E-state index in [0.717, 1.165) is 29.0 Å². The molecular formula is C20H27NO2. The lowest BCUT2D eigenvalue weighted by atomic mass is 9.96. The molecule has 3 nitrogen and oxygen atoms in total. The van der Waals surface area contributed by atoms with E-state index in [1.54, 1.807) is 0 Å². The van der Waals surface area contributed by atoms with Crippen molar-refractivity contribution < 1.29 is 9.47 Å². The summed E-state index contributed by atoms with van der Waals surface area (Å²) in [6, 6.07) is 14.3. The average Bonchev–Trinajstić information content (AvgIpc) is 2.48. The molecule has 0 aliphatic carbocycles. The molecule has 2 aromatic rings. The highest BCUT2D eigenvalue weighted by Gasteiger charge is 2.17. The van der Waals surface area contributed by atoms with E-state index in [9.17, 15) is 0 Å². The normalized spacial score (nSPS) is 11.1. The Morgan fingerprint density at radius 1 is 0.826 bits per heavy atom. The Hall–Kier alpha value is -2.00. The minimum absolute atomic E-state index is 0.102. The number of benzene rings is 2. The van der Waals surface area contributed by atoms with Gasteiger partial charge in [0.1, 0.15) is 11.5 Å². The van der Waals surface area contributed by atoms with Crippen LogP contribution in [0.5, 0.6) is 11.5 Å². The Morgan fingerprint density at radius 3 is 1.91 bits per heavy atom. The molecule has 0 aromatic heterocycles. The van der Waals surface area contributed by atoms with E-state index >= 15 is 0 Å². The van der Waals surface area contributed by atoms with Crippen LogP contribution in [0.15, 0.2) is 42.5 Å². The van der Waals surface area contributed by atoms with Gasteiger partial charge < -0.3 is 15.2 Å². The summed E-state index contributed by atoms with van der Waals surface area (Å²) in [7, 11) is 0. The molecule has 0 fully saturated rings. The second-order valence-corrected chi connectivity index (χ2v) is 6.16. The summed E-state index contributed by atoms with van der Waals surface area (Å²) >= 11 is 0. The fourth-order valence-electron chi connectivity index (χ4n) is 2.62. The third-order valence-corrected chi connectivity index (χ3v) is 3.41. The number of rotatable bonds is 7. The van der Waals surface area contributed by atoms with Gasteiger partial charge >= 0.3 is 0 Å². The van der Waals surface area contributed by atoms with Gasteiger partial charge in [0, 0.05) is 0 Å². The quantitative estimate of drug-likeness (QED) is 0.822. The van der Waals surface area contributed by atoms with Crippen LogP contribution in [-0.2, 0) is 6.42 Å². The summed E-state index contributed by atoms with van der Waals surface area (Å²) in [5, 5.41) is 0. The van der Waals surface area contributed by atoms with Crippen LogP contribution < -0.4 is 15.2 Å². The molecule has 0 amide bonds. The van der Waals surface area contributed by atoms with E-state index < -0.39 is 0 Å². The molecule has 2 N–H and O–H groups in total. The van der Waals surface area contributed by atoms with Crippen molar-refractivity contribution in [1.29, 1.82) is 0 Å². The van der Waals surface area contributed by atoms with Crippen molar-refractivity contribution in [2.24, 2.45) is 5.73 Å². The standard InChI is InChI=1S/C20H27NO2/c1-14(2)22-18-10-7-11-19(23-15(3)4)20(18)17-9-6-5-8-16(17)12-13-21/h5-11,14-15H,12-13,21H2,1-4H3. The lowest BCUT2D eigenvalue weighted by Gasteiger charge is -2.21. The van der Waals surface area contributed by atoms with Crippen molar-refractivity contribution in [3.8, 4) is 22.6 Å². The molecule has 0 bridgehead atoms. The first-order chi connectivity index (χ1) is 11.0. The zero-order valence-electron chi connectivity index (χ0n) is 14.5. The number of hydrogen-bond donors (Lipinski definition) is 1. The predicted molar refractivity (Wildman–Crippen MR) is 96.2 cm³/mol. The first kappa shape index (κ1) is 17.4. The van der Waals surface area contributed by atoms with Crippen LogP contribution >= 0.6 is 0 Å². The molecule has 3 heteroatoms. The molecule has 124 valence electrons. The first-order valence-electron chi connectivity index (χ1n) is 8.27. The second kappa shape index (κ2) is 8.02. The summed E-state index contributed by atoms with van der Waals surface area (Å²) in [5.41, 5.74) is 9.14. The van der Waals surface area contributed by atoms with Crippen LogP contribution in [-0.4, -0.2) is 18.8 Å². The van der Waals surface area contributed by atoms with Crippen molar-refractivity contribution in [1.82, 2.24) is 0 Å². The fraction of sp³-hybridized carbons (Fsp3) is 0.400. The SMILES string of the molecule is CC(C)Oc1cccc(OC(C)C)c1-c1ccccc1CCN. The van der Waals surface area contributed by atoms with Crippen LogP contribution in [0.4, 0.5) is 0 Å². The smallest absolute Gasteiger partial charge is 0.131 e. The van der Waals surface area contributed by atoms with Crippen LogP contribution in [0.3, 0.4) is 0 Å². The van der Waals surface area contributed by atoms with E-state index in [1.807, 2.05) is 58.0 Å². The highest BCUT2D eigenvalue weighted by atomic mass is 16.5. The van der Waals surface area contributed by atoms with E-state index in [4.69, 9.17) is 15.2 Å². The third kappa shape index (κ3) is 4.49. The summed E-state index contributed by atoms with van der Waals surface area (Å²) in [6.45, 7) is 8.75. The van der Waals surface area contributed by atoms with E-state index in [-0.39, 0.29) is 12.2 Å². The largest absolute Gasteiger partial charge is 0.490 e. The monoisotopic (exact) mass is 313 g/mol. The Morgan fingerprint density at radius 2 is 1.39 bits per heavy atom. The maximum atomic E-state index is 6.04. The average molecular weight is 313 g/mol. The Kier molecular flexibility index (Phi) is 6.05. The highest BCUT2D eigenvalue weighted by molar-refractivity contribution is 5.79. The van der Waals surface area contributed by atoms with E-state index in [1.165, 1.54) is 5.56 Å². The van der Waals surface area contributed by atoms with E-state index in [0.29, 0.717) is 6.54 Å². The van der Waals surface area contributed by atoms with Gasteiger partial charge in [0.25, 0.3) is 0 Å². The molecule has 0 aliphatic rings. The zero-order valence-corrected chi connectivity index (χ0v) is 14.5. The van der Waals surface area contributed by atoms with Gasteiger partial charge in [-0.1, -0.05) is 30.3 Å². The molecule has 23 heavy (non-hydrogen) atoms. The van der Waals surface area contributed by atoms with Crippen molar-refractivity contribution in [2.45, 2.75) is 46.3 Å². The van der Waals surface area contributed by atoms with Crippen molar-refractivity contribution in [3.05, 3.63) is 48.0 Å². The molecule has 0 saturated carbocycles. The number of ether oxygens (including phenoxy) is 2. The van der Waals surface area contributed by atoms with Gasteiger partial charge in [-0.3, -0.25) is 0 Å².